The fraction of sp³-hybridized carbons (Fsp3) is 0.812. The van der Waals surface area contributed by atoms with E-state index in [1.54, 1.807) is 0 Å². The third kappa shape index (κ3) is 24.3. The standard InChI is InChI=1S/C48H84O14/c1-3-5-7-9-11-13-14-15-16-17-18-19-20-21-22-23-24-26-28-30-32-57-34-37(60-40(50)31-29-27-25-12-10-8-6-4-2)35-58-47-46(56)44(54)42(52)39(62-47)36-59-48-45(55)43(53)41(51)38(33-49)61-48/h5,7,11,13,15-16,18-19,37-39,41-49,51-56H,3-4,6,8-10,12,14,17,20-36H2,1-2H3/b7-5-,13-11-,16-15-,19-18-. The number of esters is 1. The molecule has 14 nitrogen and oxygen atoms in total. The lowest BCUT2D eigenvalue weighted by Gasteiger charge is -2.42. The van der Waals surface area contributed by atoms with Crippen molar-refractivity contribution in [3.63, 3.8) is 0 Å². The van der Waals surface area contributed by atoms with Crippen molar-refractivity contribution >= 4 is 5.97 Å². The Bertz CT molecular complexity index is 1210. The highest BCUT2D eigenvalue weighted by atomic mass is 16.7. The predicted octanol–water partition coefficient (Wildman–Crippen LogP) is 6.01. The van der Waals surface area contributed by atoms with E-state index in [0.29, 0.717) is 13.0 Å². The highest BCUT2D eigenvalue weighted by Gasteiger charge is 2.47. The van der Waals surface area contributed by atoms with Crippen LogP contribution in [-0.2, 0) is 33.2 Å². The van der Waals surface area contributed by atoms with Gasteiger partial charge in [-0.1, -0.05) is 140 Å². The first kappa shape index (κ1) is 56.1. The van der Waals surface area contributed by atoms with Crippen LogP contribution in [0.4, 0.5) is 0 Å². The van der Waals surface area contributed by atoms with Crippen molar-refractivity contribution in [3.05, 3.63) is 48.6 Å². The number of allylic oxidation sites excluding steroid dienone is 8. The average Bonchev–Trinajstić information content (AvgIpc) is 3.27. The van der Waals surface area contributed by atoms with E-state index in [9.17, 15) is 40.5 Å². The second kappa shape index (κ2) is 36.2. The smallest absolute Gasteiger partial charge is 0.306 e. The maximum atomic E-state index is 12.9. The Morgan fingerprint density at radius 3 is 1.65 bits per heavy atom. The molecule has 2 saturated heterocycles. The van der Waals surface area contributed by atoms with Crippen molar-refractivity contribution in [2.45, 2.75) is 216 Å². The zero-order valence-corrected chi connectivity index (χ0v) is 37.8. The predicted molar refractivity (Wildman–Crippen MR) is 238 cm³/mol. The van der Waals surface area contributed by atoms with Crippen LogP contribution in [-0.4, -0.2) is 142 Å². The number of hydrogen-bond donors (Lipinski definition) is 7. The fourth-order valence-electron chi connectivity index (χ4n) is 7.22. The first-order valence-electron chi connectivity index (χ1n) is 23.7. The summed E-state index contributed by atoms with van der Waals surface area (Å²) in [5.74, 6) is -0.387. The Kier molecular flexibility index (Phi) is 32.7. The third-order valence-corrected chi connectivity index (χ3v) is 11.1. The van der Waals surface area contributed by atoms with Gasteiger partial charge >= 0.3 is 5.97 Å². The summed E-state index contributed by atoms with van der Waals surface area (Å²) >= 11 is 0. The van der Waals surface area contributed by atoms with E-state index < -0.39 is 80.7 Å². The molecule has 0 aliphatic carbocycles. The topological polar surface area (TPSA) is 214 Å². The SMILES string of the molecule is CC/C=C\C/C=C\C/C=C\C/C=C\CCCCCCCCCOCC(COC1OC(COC2OC(CO)C(O)C(O)C2O)C(O)C(O)C1O)OC(=O)CCCCCCCCCC. The summed E-state index contributed by atoms with van der Waals surface area (Å²) < 4.78 is 34.1. The van der Waals surface area contributed by atoms with Crippen molar-refractivity contribution in [1.82, 2.24) is 0 Å². The van der Waals surface area contributed by atoms with Gasteiger partial charge in [0, 0.05) is 13.0 Å². The molecule has 2 aliphatic rings. The number of carbonyl (C=O) groups is 1. The molecule has 11 unspecified atom stereocenters. The van der Waals surface area contributed by atoms with Crippen LogP contribution in [0.3, 0.4) is 0 Å². The van der Waals surface area contributed by atoms with Gasteiger partial charge in [-0.3, -0.25) is 4.79 Å². The molecule has 360 valence electrons. The Labute approximate surface area is 372 Å². The lowest BCUT2D eigenvalue weighted by atomic mass is 9.98. The molecule has 2 fully saturated rings. The fourth-order valence-corrected chi connectivity index (χ4v) is 7.22. The minimum Gasteiger partial charge on any atom is -0.457 e. The minimum absolute atomic E-state index is 0.0537. The Hall–Kier alpha value is -2.05. The van der Waals surface area contributed by atoms with Gasteiger partial charge in [0.1, 0.15) is 54.9 Å². The van der Waals surface area contributed by atoms with Crippen LogP contribution in [0.5, 0.6) is 0 Å². The van der Waals surface area contributed by atoms with Crippen molar-refractivity contribution in [2.75, 3.05) is 33.0 Å². The summed E-state index contributed by atoms with van der Waals surface area (Å²) in [6, 6.07) is 0. The molecule has 11 atom stereocenters. The van der Waals surface area contributed by atoms with Gasteiger partial charge in [0.25, 0.3) is 0 Å². The molecule has 0 bridgehead atoms. The van der Waals surface area contributed by atoms with Crippen molar-refractivity contribution in [1.29, 1.82) is 0 Å². The summed E-state index contributed by atoms with van der Waals surface area (Å²) in [6.07, 6.45) is 23.4. The van der Waals surface area contributed by atoms with Gasteiger partial charge in [-0.2, -0.15) is 0 Å². The Morgan fingerprint density at radius 2 is 1.05 bits per heavy atom. The van der Waals surface area contributed by atoms with Crippen molar-refractivity contribution in [3.8, 4) is 0 Å². The molecular formula is C48H84O14. The summed E-state index contributed by atoms with van der Waals surface area (Å²) in [4.78, 5) is 12.9. The summed E-state index contributed by atoms with van der Waals surface area (Å²) in [5, 5.41) is 71.9. The van der Waals surface area contributed by atoms with E-state index in [2.05, 4.69) is 62.5 Å². The molecule has 0 aromatic rings. The quantitative estimate of drug-likeness (QED) is 0.0218. The second-order valence-corrected chi connectivity index (χ2v) is 16.6. The number of hydrogen-bond acceptors (Lipinski definition) is 14. The zero-order chi connectivity index (χ0) is 45.2. The molecule has 2 heterocycles. The number of rotatable bonds is 36. The van der Waals surface area contributed by atoms with Crippen molar-refractivity contribution < 1.29 is 69.0 Å². The summed E-state index contributed by atoms with van der Waals surface area (Å²) in [5.41, 5.74) is 0. The molecule has 14 heteroatoms. The lowest BCUT2D eigenvalue weighted by molar-refractivity contribution is -0.332. The first-order chi connectivity index (χ1) is 30.1. The zero-order valence-electron chi connectivity index (χ0n) is 37.8. The van der Waals surface area contributed by atoms with Gasteiger partial charge in [-0.05, 0) is 51.4 Å². The first-order valence-corrected chi connectivity index (χ1v) is 23.7. The van der Waals surface area contributed by atoms with Gasteiger partial charge in [-0.25, -0.2) is 0 Å². The van der Waals surface area contributed by atoms with Gasteiger partial charge in [-0.15, -0.1) is 0 Å². The maximum absolute atomic E-state index is 12.9. The molecule has 0 radical (unpaired) electrons. The number of ether oxygens (including phenoxy) is 6. The largest absolute Gasteiger partial charge is 0.457 e. The van der Waals surface area contributed by atoms with Crippen LogP contribution < -0.4 is 0 Å². The Morgan fingerprint density at radius 1 is 0.548 bits per heavy atom. The van der Waals surface area contributed by atoms with E-state index >= 15 is 0 Å². The molecule has 62 heavy (non-hydrogen) atoms. The van der Waals surface area contributed by atoms with Crippen LogP contribution in [0, 0.1) is 0 Å². The molecule has 0 aromatic heterocycles. The molecule has 0 saturated carbocycles. The lowest BCUT2D eigenvalue weighted by Crippen LogP contribution is -2.61. The summed E-state index contributed by atoms with van der Waals surface area (Å²) in [6.45, 7) is 3.49. The van der Waals surface area contributed by atoms with Crippen LogP contribution in [0.15, 0.2) is 48.6 Å². The number of aliphatic hydroxyl groups is 7. The normalized spacial score (nSPS) is 27.6. The highest BCUT2D eigenvalue weighted by Crippen LogP contribution is 2.26. The molecular weight excluding hydrogens is 801 g/mol. The molecule has 0 spiro atoms. The van der Waals surface area contributed by atoms with E-state index in [1.807, 2.05) is 0 Å². The van der Waals surface area contributed by atoms with Gasteiger partial charge in [0.05, 0.1) is 26.4 Å². The van der Waals surface area contributed by atoms with Crippen LogP contribution >= 0.6 is 0 Å². The van der Waals surface area contributed by atoms with E-state index in [1.165, 1.54) is 51.4 Å². The Balaban J connectivity index is 1.75. The monoisotopic (exact) mass is 885 g/mol. The number of carbonyl (C=O) groups excluding carboxylic acids is 1. The second-order valence-electron chi connectivity index (χ2n) is 16.6. The third-order valence-electron chi connectivity index (χ3n) is 11.1. The number of unbranched alkanes of at least 4 members (excludes halogenated alkanes) is 14. The molecule has 0 aromatic carbocycles. The number of aliphatic hydroxyl groups excluding tert-OH is 7. The van der Waals surface area contributed by atoms with Gasteiger partial charge in [0.15, 0.2) is 12.6 Å². The maximum Gasteiger partial charge on any atom is 0.306 e. The van der Waals surface area contributed by atoms with E-state index in [-0.39, 0.29) is 25.6 Å². The van der Waals surface area contributed by atoms with Gasteiger partial charge < -0.3 is 64.2 Å². The summed E-state index contributed by atoms with van der Waals surface area (Å²) in [7, 11) is 0. The van der Waals surface area contributed by atoms with E-state index in [4.69, 9.17) is 28.4 Å². The highest BCUT2D eigenvalue weighted by molar-refractivity contribution is 5.69. The molecule has 0 amide bonds. The van der Waals surface area contributed by atoms with E-state index in [0.717, 1.165) is 70.6 Å². The molecule has 2 aliphatic heterocycles. The van der Waals surface area contributed by atoms with Crippen molar-refractivity contribution in [2.24, 2.45) is 0 Å². The van der Waals surface area contributed by atoms with Gasteiger partial charge in [0.2, 0.25) is 0 Å². The van der Waals surface area contributed by atoms with Crippen LogP contribution in [0.25, 0.3) is 0 Å². The molecule has 2 rings (SSSR count). The molecule has 7 N–H and O–H groups in total. The minimum atomic E-state index is -1.71. The average molecular weight is 885 g/mol. The van der Waals surface area contributed by atoms with Crippen LogP contribution in [0.1, 0.15) is 149 Å². The van der Waals surface area contributed by atoms with Crippen LogP contribution in [0.2, 0.25) is 0 Å².